The van der Waals surface area contributed by atoms with Gasteiger partial charge in [-0.25, -0.2) is 18.0 Å². The van der Waals surface area contributed by atoms with Crippen LogP contribution in [0.1, 0.15) is 15.9 Å². The molecule has 2 aromatic rings. The van der Waals surface area contributed by atoms with Gasteiger partial charge in [-0.1, -0.05) is 12.1 Å². The van der Waals surface area contributed by atoms with Crippen molar-refractivity contribution in [3.8, 4) is 0 Å². The highest BCUT2D eigenvalue weighted by atomic mass is 19.1. The van der Waals surface area contributed by atoms with E-state index < -0.39 is 23.2 Å². The Balaban J connectivity index is 2.03. The number of hydrogen-bond acceptors (Lipinski definition) is 2. The smallest absolute Gasteiger partial charge is 0.335 e. The number of nitrogens with one attached hydrogen (secondary N) is 1. The summed E-state index contributed by atoms with van der Waals surface area (Å²) in [6, 6.07) is 7.28. The Morgan fingerprint density at radius 1 is 1.05 bits per heavy atom. The summed E-state index contributed by atoms with van der Waals surface area (Å²) in [7, 11) is 0. The number of carboxylic acids is 1. The number of benzene rings is 2. The highest BCUT2D eigenvalue weighted by molar-refractivity contribution is 5.88. The molecule has 110 valence electrons. The average Bonchev–Trinajstić information content (AvgIpc) is 2.43. The maximum atomic E-state index is 13.6. The number of hydrogen-bond donors (Lipinski definition) is 2. The molecule has 0 fully saturated rings. The van der Waals surface area contributed by atoms with E-state index >= 15 is 0 Å². The minimum absolute atomic E-state index is 0.228. The maximum absolute atomic E-state index is 13.6. The van der Waals surface area contributed by atoms with Gasteiger partial charge in [0.1, 0.15) is 23.1 Å². The van der Waals surface area contributed by atoms with Crippen LogP contribution in [0, 0.1) is 17.5 Å². The number of halogens is 3. The number of rotatable bonds is 5. The van der Waals surface area contributed by atoms with Crippen molar-refractivity contribution in [2.24, 2.45) is 0 Å². The van der Waals surface area contributed by atoms with E-state index in [1.807, 2.05) is 0 Å². The second kappa shape index (κ2) is 6.30. The first kappa shape index (κ1) is 14.9. The zero-order valence-electron chi connectivity index (χ0n) is 10.9. The molecule has 0 bridgehead atoms. The van der Waals surface area contributed by atoms with Crippen LogP contribution in [0.5, 0.6) is 0 Å². The van der Waals surface area contributed by atoms with Crippen LogP contribution in [-0.2, 0) is 6.42 Å². The van der Waals surface area contributed by atoms with Crippen LogP contribution >= 0.6 is 0 Å². The fourth-order valence-electron chi connectivity index (χ4n) is 1.85. The van der Waals surface area contributed by atoms with Crippen molar-refractivity contribution < 1.29 is 23.1 Å². The summed E-state index contributed by atoms with van der Waals surface area (Å²) in [5.74, 6) is -3.68. The fourth-order valence-corrected chi connectivity index (χ4v) is 1.85. The Morgan fingerprint density at radius 2 is 1.62 bits per heavy atom. The number of aromatic carboxylic acids is 1. The lowest BCUT2D eigenvalue weighted by atomic mass is 10.1. The van der Waals surface area contributed by atoms with Gasteiger partial charge in [0, 0.05) is 6.54 Å². The highest BCUT2D eigenvalue weighted by Crippen LogP contribution is 2.21. The topological polar surface area (TPSA) is 49.3 Å². The van der Waals surface area contributed by atoms with E-state index in [-0.39, 0.29) is 18.0 Å². The third-order valence-corrected chi connectivity index (χ3v) is 2.92. The van der Waals surface area contributed by atoms with Crippen molar-refractivity contribution in [3.63, 3.8) is 0 Å². The molecule has 0 spiro atoms. The molecule has 0 aromatic heterocycles. The lowest BCUT2D eigenvalue weighted by Gasteiger charge is -2.09. The standard InChI is InChI=1S/C15H12F3NO2/c16-11-3-1-9(2-4-11)5-6-19-14-12(17)7-10(15(20)21)8-13(14)18/h1-4,7-8,19H,5-6H2,(H,20,21). The van der Waals surface area contributed by atoms with Crippen molar-refractivity contribution in [1.82, 2.24) is 0 Å². The second-order valence-corrected chi connectivity index (χ2v) is 4.42. The Bertz CT molecular complexity index is 633. The molecule has 0 aliphatic carbocycles. The van der Waals surface area contributed by atoms with Gasteiger partial charge in [-0.05, 0) is 36.2 Å². The van der Waals surface area contributed by atoms with Gasteiger partial charge in [-0.15, -0.1) is 0 Å². The molecular weight excluding hydrogens is 283 g/mol. The molecule has 2 N–H and O–H groups in total. The van der Waals surface area contributed by atoms with Gasteiger partial charge in [0.25, 0.3) is 0 Å². The van der Waals surface area contributed by atoms with E-state index in [1.54, 1.807) is 12.1 Å². The summed E-state index contributed by atoms with van der Waals surface area (Å²) >= 11 is 0. The second-order valence-electron chi connectivity index (χ2n) is 4.42. The molecule has 0 aliphatic rings. The Morgan fingerprint density at radius 3 is 2.14 bits per heavy atom. The first-order chi connectivity index (χ1) is 9.97. The molecule has 2 rings (SSSR count). The van der Waals surface area contributed by atoms with Crippen LogP contribution < -0.4 is 5.32 Å². The van der Waals surface area contributed by atoms with Crippen LogP contribution in [0.15, 0.2) is 36.4 Å². The Kier molecular flexibility index (Phi) is 4.47. The molecule has 2 aromatic carbocycles. The van der Waals surface area contributed by atoms with E-state index in [0.29, 0.717) is 6.42 Å². The summed E-state index contributed by atoms with van der Waals surface area (Å²) in [6.45, 7) is 0.228. The highest BCUT2D eigenvalue weighted by Gasteiger charge is 2.14. The first-order valence-corrected chi connectivity index (χ1v) is 6.18. The molecule has 0 unspecified atom stereocenters. The molecule has 0 saturated heterocycles. The minimum atomic E-state index is -1.40. The third kappa shape index (κ3) is 3.75. The van der Waals surface area contributed by atoms with Gasteiger partial charge in [0.05, 0.1) is 5.56 Å². The molecule has 21 heavy (non-hydrogen) atoms. The van der Waals surface area contributed by atoms with E-state index in [0.717, 1.165) is 17.7 Å². The lowest BCUT2D eigenvalue weighted by Crippen LogP contribution is -2.09. The summed E-state index contributed by atoms with van der Waals surface area (Å²) in [4.78, 5) is 10.7. The molecule has 0 amide bonds. The normalized spacial score (nSPS) is 10.4. The van der Waals surface area contributed by atoms with Crippen molar-refractivity contribution >= 4 is 11.7 Å². The number of anilines is 1. The monoisotopic (exact) mass is 295 g/mol. The van der Waals surface area contributed by atoms with E-state index in [2.05, 4.69) is 5.32 Å². The quantitative estimate of drug-likeness (QED) is 0.888. The van der Waals surface area contributed by atoms with Crippen LogP contribution in [0.25, 0.3) is 0 Å². The van der Waals surface area contributed by atoms with Gasteiger partial charge in [0.15, 0.2) is 0 Å². The van der Waals surface area contributed by atoms with Gasteiger partial charge in [0.2, 0.25) is 0 Å². The zero-order chi connectivity index (χ0) is 15.4. The van der Waals surface area contributed by atoms with Crippen LogP contribution in [0.4, 0.5) is 18.9 Å². The molecule has 0 atom stereocenters. The van der Waals surface area contributed by atoms with E-state index in [4.69, 9.17) is 5.11 Å². The van der Waals surface area contributed by atoms with Crippen molar-refractivity contribution in [3.05, 3.63) is 65.0 Å². The number of carboxylic acid groups (broad SMARTS) is 1. The van der Waals surface area contributed by atoms with Gasteiger partial charge < -0.3 is 10.4 Å². The van der Waals surface area contributed by atoms with E-state index in [1.165, 1.54) is 12.1 Å². The minimum Gasteiger partial charge on any atom is -0.478 e. The first-order valence-electron chi connectivity index (χ1n) is 6.18. The molecule has 0 saturated carbocycles. The predicted molar refractivity (Wildman–Crippen MR) is 71.9 cm³/mol. The molecule has 0 radical (unpaired) electrons. The van der Waals surface area contributed by atoms with Crippen LogP contribution in [-0.4, -0.2) is 17.6 Å². The van der Waals surface area contributed by atoms with Crippen LogP contribution in [0.3, 0.4) is 0 Å². The van der Waals surface area contributed by atoms with E-state index in [9.17, 15) is 18.0 Å². The fraction of sp³-hybridized carbons (Fsp3) is 0.133. The molecule has 6 heteroatoms. The SMILES string of the molecule is O=C(O)c1cc(F)c(NCCc2ccc(F)cc2)c(F)c1. The third-order valence-electron chi connectivity index (χ3n) is 2.92. The maximum Gasteiger partial charge on any atom is 0.335 e. The number of carbonyl (C=O) groups is 1. The molecular formula is C15H12F3NO2. The Hall–Kier alpha value is -2.50. The lowest BCUT2D eigenvalue weighted by molar-refractivity contribution is 0.0696. The van der Waals surface area contributed by atoms with Crippen molar-refractivity contribution in [2.45, 2.75) is 6.42 Å². The molecule has 3 nitrogen and oxygen atoms in total. The van der Waals surface area contributed by atoms with Gasteiger partial charge in [-0.3, -0.25) is 0 Å². The Labute approximate surface area is 119 Å². The van der Waals surface area contributed by atoms with Gasteiger partial charge in [-0.2, -0.15) is 0 Å². The molecule has 0 heterocycles. The van der Waals surface area contributed by atoms with Crippen molar-refractivity contribution in [1.29, 1.82) is 0 Å². The summed E-state index contributed by atoms with van der Waals surface area (Å²) < 4.78 is 40.0. The largest absolute Gasteiger partial charge is 0.478 e. The summed E-state index contributed by atoms with van der Waals surface area (Å²) in [5.41, 5.74) is -0.0110. The summed E-state index contributed by atoms with van der Waals surface area (Å²) in [6.07, 6.45) is 0.444. The summed E-state index contributed by atoms with van der Waals surface area (Å²) in [5, 5.41) is 11.3. The van der Waals surface area contributed by atoms with Crippen molar-refractivity contribution in [2.75, 3.05) is 11.9 Å². The molecule has 0 aliphatic heterocycles. The van der Waals surface area contributed by atoms with Gasteiger partial charge >= 0.3 is 5.97 Å². The predicted octanol–water partition coefficient (Wildman–Crippen LogP) is 3.46. The average molecular weight is 295 g/mol. The van der Waals surface area contributed by atoms with Crippen LogP contribution in [0.2, 0.25) is 0 Å². The zero-order valence-corrected chi connectivity index (χ0v) is 10.9.